The minimum Gasteiger partial charge on any atom is -0.368 e. The van der Waals surface area contributed by atoms with Crippen molar-refractivity contribution in [2.45, 2.75) is 4.90 Å². The van der Waals surface area contributed by atoms with Crippen LogP contribution in [0.1, 0.15) is 5.69 Å². The third-order valence-electron chi connectivity index (χ3n) is 2.27. The van der Waals surface area contributed by atoms with Crippen molar-refractivity contribution < 1.29 is 0 Å². The van der Waals surface area contributed by atoms with Gasteiger partial charge in [-0.1, -0.05) is 11.6 Å². The molecule has 0 aliphatic rings. The van der Waals surface area contributed by atoms with Gasteiger partial charge in [-0.05, 0) is 36.4 Å². The minimum atomic E-state index is 0.320. The molecule has 0 saturated heterocycles. The fourth-order valence-electron chi connectivity index (χ4n) is 1.36. The first kappa shape index (κ1) is 13.7. The lowest BCUT2D eigenvalue weighted by atomic mass is 10.4. The van der Waals surface area contributed by atoms with E-state index in [1.807, 2.05) is 30.3 Å². The van der Waals surface area contributed by atoms with Gasteiger partial charge in [0.25, 0.3) is 0 Å². The molecule has 0 unspecified atom stereocenters. The van der Waals surface area contributed by atoms with Crippen LogP contribution in [0.3, 0.4) is 0 Å². The number of anilines is 1. The molecule has 0 spiro atoms. The summed E-state index contributed by atoms with van der Waals surface area (Å²) in [6, 6.07) is 13.1. The van der Waals surface area contributed by atoms with Crippen LogP contribution in [0.5, 0.6) is 0 Å². The highest BCUT2D eigenvalue weighted by molar-refractivity contribution is 7.99. The Labute approximate surface area is 120 Å². The van der Waals surface area contributed by atoms with E-state index in [9.17, 15) is 0 Å². The molecule has 2 rings (SSSR count). The standard InChI is InChI=1S/C13H11ClN4S/c14-10-1-4-12(5-2-10)19-8-7-16-13-6-3-11(9-15)17-18-13/h1-6H,7-8H2,(H,16,18). The normalized spacial score (nSPS) is 9.89. The SMILES string of the molecule is N#Cc1ccc(NCCSc2ccc(Cl)cc2)nn1. The first-order valence-corrected chi connectivity index (χ1v) is 7.00. The molecule has 1 aromatic heterocycles. The highest BCUT2D eigenvalue weighted by Crippen LogP contribution is 2.19. The van der Waals surface area contributed by atoms with Crippen molar-refractivity contribution >= 4 is 29.2 Å². The summed E-state index contributed by atoms with van der Waals surface area (Å²) in [6.07, 6.45) is 0. The molecular weight excluding hydrogens is 280 g/mol. The largest absolute Gasteiger partial charge is 0.368 e. The summed E-state index contributed by atoms with van der Waals surface area (Å²) in [5.41, 5.74) is 0.320. The Morgan fingerprint density at radius 3 is 2.58 bits per heavy atom. The average molecular weight is 291 g/mol. The second kappa shape index (κ2) is 6.98. The van der Waals surface area contributed by atoms with Gasteiger partial charge in [0, 0.05) is 22.2 Å². The van der Waals surface area contributed by atoms with Crippen LogP contribution in [-0.2, 0) is 0 Å². The Morgan fingerprint density at radius 2 is 1.95 bits per heavy atom. The third kappa shape index (κ3) is 4.43. The lowest BCUT2D eigenvalue weighted by molar-refractivity contribution is 0.996. The molecule has 96 valence electrons. The van der Waals surface area contributed by atoms with Crippen LogP contribution in [0.15, 0.2) is 41.3 Å². The van der Waals surface area contributed by atoms with Gasteiger partial charge in [-0.3, -0.25) is 0 Å². The van der Waals surface area contributed by atoms with Crippen molar-refractivity contribution in [3.05, 3.63) is 47.1 Å². The van der Waals surface area contributed by atoms with Gasteiger partial charge < -0.3 is 5.32 Å². The Hall–Kier alpha value is -1.77. The number of rotatable bonds is 5. The molecule has 0 atom stereocenters. The Balaban J connectivity index is 1.74. The molecule has 0 saturated carbocycles. The van der Waals surface area contributed by atoms with Crippen LogP contribution in [0.4, 0.5) is 5.82 Å². The molecule has 0 aliphatic heterocycles. The van der Waals surface area contributed by atoms with Gasteiger partial charge in [-0.15, -0.1) is 22.0 Å². The molecule has 0 aliphatic carbocycles. The molecular formula is C13H11ClN4S. The Bertz CT molecular complexity index is 563. The van der Waals surface area contributed by atoms with E-state index in [-0.39, 0.29) is 0 Å². The van der Waals surface area contributed by atoms with Gasteiger partial charge in [-0.25, -0.2) is 0 Å². The zero-order valence-electron chi connectivity index (χ0n) is 10.0. The third-order valence-corrected chi connectivity index (χ3v) is 3.54. The van der Waals surface area contributed by atoms with Crippen molar-refractivity contribution in [2.75, 3.05) is 17.6 Å². The van der Waals surface area contributed by atoms with Gasteiger partial charge >= 0.3 is 0 Å². The van der Waals surface area contributed by atoms with Crippen LogP contribution in [0, 0.1) is 11.3 Å². The van der Waals surface area contributed by atoms with E-state index >= 15 is 0 Å². The van der Waals surface area contributed by atoms with Crippen molar-refractivity contribution in [3.63, 3.8) is 0 Å². The summed E-state index contributed by atoms with van der Waals surface area (Å²) in [5.74, 6) is 1.58. The number of nitrogens with one attached hydrogen (secondary N) is 1. The molecule has 6 heteroatoms. The lowest BCUT2D eigenvalue weighted by Crippen LogP contribution is -2.06. The van der Waals surface area contributed by atoms with Crippen molar-refractivity contribution in [1.29, 1.82) is 5.26 Å². The number of nitrogens with zero attached hydrogens (tertiary/aromatic N) is 3. The molecule has 1 aromatic carbocycles. The van der Waals surface area contributed by atoms with Crippen LogP contribution >= 0.6 is 23.4 Å². The maximum absolute atomic E-state index is 8.60. The Kier molecular flexibility index (Phi) is 5.01. The van der Waals surface area contributed by atoms with Crippen molar-refractivity contribution in [3.8, 4) is 6.07 Å². The van der Waals surface area contributed by atoms with Gasteiger partial charge in [0.15, 0.2) is 5.69 Å². The van der Waals surface area contributed by atoms with Gasteiger partial charge in [0.1, 0.15) is 11.9 Å². The number of nitriles is 1. The first-order chi connectivity index (χ1) is 9.28. The molecule has 1 heterocycles. The maximum Gasteiger partial charge on any atom is 0.163 e. The number of hydrogen-bond acceptors (Lipinski definition) is 5. The van der Waals surface area contributed by atoms with Crippen molar-refractivity contribution in [1.82, 2.24) is 10.2 Å². The smallest absolute Gasteiger partial charge is 0.163 e. The predicted molar refractivity (Wildman–Crippen MR) is 77.4 cm³/mol. The summed E-state index contributed by atoms with van der Waals surface area (Å²) < 4.78 is 0. The molecule has 19 heavy (non-hydrogen) atoms. The summed E-state index contributed by atoms with van der Waals surface area (Å²) in [5, 5.41) is 20.1. The van der Waals surface area contributed by atoms with Crippen LogP contribution < -0.4 is 5.32 Å². The zero-order valence-corrected chi connectivity index (χ0v) is 11.6. The number of thioether (sulfide) groups is 1. The van der Waals surface area contributed by atoms with E-state index in [0.29, 0.717) is 11.5 Å². The average Bonchev–Trinajstić information content (AvgIpc) is 2.46. The van der Waals surface area contributed by atoms with Gasteiger partial charge in [0.05, 0.1) is 0 Å². The monoisotopic (exact) mass is 290 g/mol. The van der Waals surface area contributed by atoms with E-state index in [0.717, 1.165) is 17.3 Å². The topological polar surface area (TPSA) is 61.6 Å². The van der Waals surface area contributed by atoms with E-state index in [1.165, 1.54) is 4.90 Å². The second-order valence-electron chi connectivity index (χ2n) is 3.64. The molecule has 1 N–H and O–H groups in total. The Morgan fingerprint density at radius 1 is 1.16 bits per heavy atom. The summed E-state index contributed by atoms with van der Waals surface area (Å²) in [4.78, 5) is 1.18. The lowest BCUT2D eigenvalue weighted by Gasteiger charge is -2.04. The second-order valence-corrected chi connectivity index (χ2v) is 5.25. The van der Waals surface area contributed by atoms with Gasteiger partial charge in [-0.2, -0.15) is 5.26 Å². The molecule has 0 amide bonds. The quantitative estimate of drug-likeness (QED) is 0.677. The van der Waals surface area contributed by atoms with Crippen LogP contribution in [0.2, 0.25) is 5.02 Å². The highest BCUT2D eigenvalue weighted by Gasteiger charge is 1.97. The van der Waals surface area contributed by atoms with Crippen LogP contribution in [-0.4, -0.2) is 22.5 Å². The molecule has 0 fully saturated rings. The van der Waals surface area contributed by atoms with E-state index in [2.05, 4.69) is 15.5 Å². The number of halogens is 1. The first-order valence-electron chi connectivity index (χ1n) is 5.64. The number of aromatic nitrogens is 2. The van der Waals surface area contributed by atoms with E-state index in [4.69, 9.17) is 16.9 Å². The van der Waals surface area contributed by atoms with E-state index < -0.39 is 0 Å². The number of benzene rings is 1. The molecule has 0 radical (unpaired) electrons. The minimum absolute atomic E-state index is 0.320. The summed E-state index contributed by atoms with van der Waals surface area (Å²) >= 11 is 7.55. The molecule has 4 nitrogen and oxygen atoms in total. The van der Waals surface area contributed by atoms with Crippen LogP contribution in [0.25, 0.3) is 0 Å². The van der Waals surface area contributed by atoms with Crippen molar-refractivity contribution in [2.24, 2.45) is 0 Å². The number of hydrogen-bond donors (Lipinski definition) is 1. The molecule has 0 bridgehead atoms. The summed E-state index contributed by atoms with van der Waals surface area (Å²) in [7, 11) is 0. The van der Waals surface area contributed by atoms with Gasteiger partial charge in [0.2, 0.25) is 0 Å². The fraction of sp³-hybridized carbons (Fsp3) is 0.154. The maximum atomic E-state index is 8.60. The molecule has 2 aromatic rings. The zero-order chi connectivity index (χ0) is 13.5. The highest BCUT2D eigenvalue weighted by atomic mass is 35.5. The van der Waals surface area contributed by atoms with E-state index in [1.54, 1.807) is 23.9 Å². The summed E-state index contributed by atoms with van der Waals surface area (Å²) in [6.45, 7) is 0.772. The fourth-order valence-corrected chi connectivity index (χ4v) is 2.26. The predicted octanol–water partition coefficient (Wildman–Crippen LogP) is 3.21.